The molecule has 0 aliphatic rings. The van der Waals surface area contributed by atoms with Gasteiger partial charge in [0.15, 0.2) is 0 Å². The first kappa shape index (κ1) is 18.0. The smallest absolute Gasteiger partial charge is 0.122 e. The van der Waals surface area contributed by atoms with Gasteiger partial charge in [-0.1, -0.05) is 52.7 Å². The number of aryl methyl sites for hydroxylation is 1. The summed E-state index contributed by atoms with van der Waals surface area (Å²) in [4.78, 5) is 0. The molecule has 120 valence electrons. The summed E-state index contributed by atoms with van der Waals surface area (Å²) in [5, 5.41) is 3.47. The molecule has 1 atom stereocenters. The van der Waals surface area contributed by atoms with Gasteiger partial charge in [-0.15, -0.1) is 0 Å². The Labute approximate surface area is 131 Å². The van der Waals surface area contributed by atoms with Gasteiger partial charge in [0.2, 0.25) is 0 Å². The van der Waals surface area contributed by atoms with Crippen LogP contribution in [0.1, 0.15) is 65.0 Å². The fourth-order valence-corrected chi connectivity index (χ4v) is 2.31. The van der Waals surface area contributed by atoms with Gasteiger partial charge in [-0.25, -0.2) is 0 Å². The second-order valence-electron chi connectivity index (χ2n) is 7.07. The van der Waals surface area contributed by atoms with E-state index in [0.717, 1.165) is 18.8 Å². The van der Waals surface area contributed by atoms with Gasteiger partial charge in [-0.05, 0) is 49.4 Å². The predicted octanol–water partition coefficient (Wildman–Crippen LogP) is 4.84. The Balaban J connectivity index is 2.47. The lowest BCUT2D eigenvalue weighted by atomic mass is 9.86. The Morgan fingerprint density at radius 1 is 1.19 bits per heavy atom. The van der Waals surface area contributed by atoms with Crippen LogP contribution in [0.25, 0.3) is 0 Å². The second kappa shape index (κ2) is 8.43. The molecule has 0 fully saturated rings. The molecule has 1 aromatic carbocycles. The highest BCUT2D eigenvalue weighted by Gasteiger charge is 2.15. The van der Waals surface area contributed by atoms with Gasteiger partial charge in [0.25, 0.3) is 0 Å². The molecule has 0 amide bonds. The average Bonchev–Trinajstić information content (AvgIpc) is 2.39. The zero-order chi connectivity index (χ0) is 15.9. The predicted molar refractivity (Wildman–Crippen MR) is 92.4 cm³/mol. The van der Waals surface area contributed by atoms with Crippen molar-refractivity contribution in [1.82, 2.24) is 5.32 Å². The van der Waals surface area contributed by atoms with Gasteiger partial charge in [-0.3, -0.25) is 0 Å². The van der Waals surface area contributed by atoms with Crippen molar-refractivity contribution in [1.29, 1.82) is 0 Å². The highest BCUT2D eigenvalue weighted by atomic mass is 16.5. The maximum atomic E-state index is 6.06. The normalized spacial score (nSPS) is 13.2. The van der Waals surface area contributed by atoms with Crippen molar-refractivity contribution < 1.29 is 4.74 Å². The molecular formula is C19H33NO. The van der Waals surface area contributed by atoms with Gasteiger partial charge >= 0.3 is 0 Å². The lowest BCUT2D eigenvalue weighted by Gasteiger charge is -2.22. The molecule has 1 unspecified atom stereocenters. The third-order valence-corrected chi connectivity index (χ3v) is 3.76. The van der Waals surface area contributed by atoms with E-state index in [-0.39, 0.29) is 11.5 Å². The number of hydrogen-bond donors (Lipinski definition) is 1. The van der Waals surface area contributed by atoms with E-state index in [1.54, 1.807) is 0 Å². The van der Waals surface area contributed by atoms with E-state index in [0.29, 0.717) is 0 Å². The Hall–Kier alpha value is -1.02. The molecule has 0 radical (unpaired) electrons. The Bertz CT molecular complexity index is 420. The molecule has 1 N–H and O–H groups in total. The van der Waals surface area contributed by atoms with Crippen LogP contribution in [0, 0.1) is 6.92 Å². The first-order valence-electron chi connectivity index (χ1n) is 8.33. The monoisotopic (exact) mass is 291 g/mol. The van der Waals surface area contributed by atoms with Crippen molar-refractivity contribution in [3.05, 3.63) is 29.3 Å². The third-order valence-electron chi connectivity index (χ3n) is 3.76. The van der Waals surface area contributed by atoms with Crippen molar-refractivity contribution in [2.75, 3.05) is 13.1 Å². The van der Waals surface area contributed by atoms with Crippen LogP contribution in [0.4, 0.5) is 0 Å². The fraction of sp³-hybridized carbons (Fsp3) is 0.684. The Morgan fingerprint density at radius 3 is 2.48 bits per heavy atom. The van der Waals surface area contributed by atoms with Gasteiger partial charge in [0.05, 0.1) is 0 Å². The van der Waals surface area contributed by atoms with Crippen molar-refractivity contribution in [2.45, 2.75) is 72.3 Å². The topological polar surface area (TPSA) is 21.3 Å². The van der Waals surface area contributed by atoms with Gasteiger partial charge < -0.3 is 10.1 Å². The van der Waals surface area contributed by atoms with Gasteiger partial charge in [0, 0.05) is 6.54 Å². The summed E-state index contributed by atoms with van der Waals surface area (Å²) < 4.78 is 6.06. The molecule has 1 aromatic rings. The number of benzene rings is 1. The summed E-state index contributed by atoms with van der Waals surface area (Å²) >= 11 is 0. The number of hydrogen-bond acceptors (Lipinski definition) is 2. The Kier molecular flexibility index (Phi) is 7.24. The molecule has 0 saturated carbocycles. The average molecular weight is 291 g/mol. The first-order chi connectivity index (χ1) is 9.84. The van der Waals surface area contributed by atoms with E-state index in [1.165, 1.54) is 30.4 Å². The molecule has 1 rings (SSSR count). The van der Waals surface area contributed by atoms with Crippen LogP contribution in [0.5, 0.6) is 5.75 Å². The molecule has 0 aliphatic heterocycles. The van der Waals surface area contributed by atoms with Gasteiger partial charge in [-0.2, -0.15) is 0 Å². The minimum absolute atomic E-state index is 0.190. The van der Waals surface area contributed by atoms with E-state index in [9.17, 15) is 0 Å². The van der Waals surface area contributed by atoms with Crippen molar-refractivity contribution in [3.63, 3.8) is 0 Å². The van der Waals surface area contributed by atoms with E-state index in [2.05, 4.69) is 65.1 Å². The molecule has 0 saturated heterocycles. The Morgan fingerprint density at radius 2 is 1.90 bits per heavy atom. The summed E-state index contributed by atoms with van der Waals surface area (Å²) in [6.07, 6.45) is 4.02. The summed E-state index contributed by atoms with van der Waals surface area (Å²) in [6, 6.07) is 6.55. The fourth-order valence-electron chi connectivity index (χ4n) is 2.31. The van der Waals surface area contributed by atoms with Gasteiger partial charge in [0.1, 0.15) is 11.9 Å². The van der Waals surface area contributed by atoms with Crippen molar-refractivity contribution in [3.8, 4) is 5.75 Å². The van der Waals surface area contributed by atoms with Crippen LogP contribution in [0.3, 0.4) is 0 Å². The van der Waals surface area contributed by atoms with Crippen LogP contribution >= 0.6 is 0 Å². The van der Waals surface area contributed by atoms with Crippen LogP contribution in [0.15, 0.2) is 18.2 Å². The minimum Gasteiger partial charge on any atom is -0.489 e. The number of nitrogens with one attached hydrogen (secondary N) is 1. The quantitative estimate of drug-likeness (QED) is 0.692. The second-order valence-corrected chi connectivity index (χ2v) is 7.07. The zero-order valence-corrected chi connectivity index (χ0v) is 14.8. The molecule has 2 heteroatoms. The standard InChI is InChI=1S/C19H33NO/c1-7-8-9-12-20-14-16(3)21-18-11-10-17(13-15(18)2)19(4,5)6/h10-11,13,16,20H,7-9,12,14H2,1-6H3. The van der Waals surface area contributed by atoms with Crippen LogP contribution in [-0.2, 0) is 5.41 Å². The van der Waals surface area contributed by atoms with E-state index >= 15 is 0 Å². The molecular weight excluding hydrogens is 258 g/mol. The molecule has 0 bridgehead atoms. The molecule has 2 nitrogen and oxygen atoms in total. The maximum Gasteiger partial charge on any atom is 0.122 e. The largest absolute Gasteiger partial charge is 0.489 e. The number of unbranched alkanes of at least 4 members (excludes halogenated alkanes) is 2. The lowest BCUT2D eigenvalue weighted by molar-refractivity contribution is 0.215. The SMILES string of the molecule is CCCCCNCC(C)Oc1ccc(C(C)(C)C)cc1C. The molecule has 0 spiro atoms. The number of ether oxygens (including phenoxy) is 1. The van der Waals surface area contributed by atoms with Crippen molar-refractivity contribution >= 4 is 0 Å². The van der Waals surface area contributed by atoms with E-state index in [1.807, 2.05) is 0 Å². The molecule has 0 aliphatic carbocycles. The van der Waals surface area contributed by atoms with Crippen LogP contribution < -0.4 is 10.1 Å². The summed E-state index contributed by atoms with van der Waals surface area (Å²) in [6.45, 7) is 15.2. The maximum absolute atomic E-state index is 6.06. The highest BCUT2D eigenvalue weighted by molar-refractivity contribution is 5.38. The summed E-state index contributed by atoms with van der Waals surface area (Å²) in [5.41, 5.74) is 2.77. The summed E-state index contributed by atoms with van der Waals surface area (Å²) in [7, 11) is 0. The number of rotatable bonds is 8. The van der Waals surface area contributed by atoms with E-state index < -0.39 is 0 Å². The lowest BCUT2D eigenvalue weighted by Crippen LogP contribution is -2.29. The van der Waals surface area contributed by atoms with E-state index in [4.69, 9.17) is 4.74 Å². The molecule has 21 heavy (non-hydrogen) atoms. The summed E-state index contributed by atoms with van der Waals surface area (Å²) in [5.74, 6) is 1.01. The van der Waals surface area contributed by atoms with Crippen LogP contribution in [-0.4, -0.2) is 19.2 Å². The molecule has 0 aromatic heterocycles. The third kappa shape index (κ3) is 6.52. The van der Waals surface area contributed by atoms with Crippen molar-refractivity contribution in [2.24, 2.45) is 0 Å². The minimum atomic E-state index is 0.190. The first-order valence-corrected chi connectivity index (χ1v) is 8.33. The zero-order valence-electron chi connectivity index (χ0n) is 14.8. The van der Waals surface area contributed by atoms with Crippen LogP contribution in [0.2, 0.25) is 0 Å². The molecule has 0 heterocycles. The highest BCUT2D eigenvalue weighted by Crippen LogP contribution is 2.27.